The third-order valence-electron chi connectivity index (χ3n) is 5.08. The van der Waals surface area contributed by atoms with Gasteiger partial charge in [-0.05, 0) is 43.9 Å². The predicted octanol–water partition coefficient (Wildman–Crippen LogP) is 3.51. The Balaban J connectivity index is 1.43. The van der Waals surface area contributed by atoms with Gasteiger partial charge in [0.05, 0.1) is 17.6 Å². The van der Waals surface area contributed by atoms with E-state index >= 15 is 0 Å². The molecule has 3 heterocycles. The Kier molecular flexibility index (Phi) is 4.10. The first-order valence-corrected chi connectivity index (χ1v) is 8.76. The number of aromatic nitrogens is 4. The van der Waals surface area contributed by atoms with E-state index in [1.54, 1.807) is 0 Å². The number of hydrogen-bond donors (Lipinski definition) is 1. The summed E-state index contributed by atoms with van der Waals surface area (Å²) in [6.45, 7) is 6.91. The van der Waals surface area contributed by atoms with Gasteiger partial charge in [0.2, 0.25) is 0 Å². The van der Waals surface area contributed by atoms with Crippen molar-refractivity contribution < 1.29 is 4.74 Å². The van der Waals surface area contributed by atoms with Crippen molar-refractivity contribution in [2.45, 2.75) is 45.6 Å². The van der Waals surface area contributed by atoms with Crippen LogP contribution in [0.4, 0.5) is 0 Å². The number of fused-ring (bicyclic) bond motifs is 1. The summed E-state index contributed by atoms with van der Waals surface area (Å²) in [6, 6.07) is 4.28. The number of aryl methyl sites for hydroxylation is 4. The third-order valence-corrected chi connectivity index (χ3v) is 5.08. The first-order valence-electron chi connectivity index (χ1n) is 8.76. The lowest BCUT2D eigenvalue weighted by Crippen LogP contribution is -2.09. The molecular weight excluding hydrogens is 300 g/mol. The standard InChI is InChI=1S/C19H24N4O/c1-13-5-6-16-18(14(13)2)22-17(21-16)4-3-9-23-10-8-20-19(23)15-7-11-24-12-15/h5-6,8,10,15H,3-4,7,9,11-12H2,1-2H3,(H,21,22)/t15-/m1/s1. The molecule has 3 aromatic rings. The SMILES string of the molecule is Cc1ccc2[nH]c(CCCn3ccnc3[C@@H]3CCOC3)nc2c1C. The Hall–Kier alpha value is -2.14. The normalized spacial score (nSPS) is 17.8. The molecule has 4 rings (SSSR count). The zero-order valence-corrected chi connectivity index (χ0v) is 14.4. The second-order valence-electron chi connectivity index (χ2n) is 6.73. The summed E-state index contributed by atoms with van der Waals surface area (Å²) < 4.78 is 7.77. The topological polar surface area (TPSA) is 55.7 Å². The average Bonchev–Trinajstić information content (AvgIpc) is 3.30. The van der Waals surface area contributed by atoms with E-state index < -0.39 is 0 Å². The first-order chi connectivity index (χ1) is 11.7. The van der Waals surface area contributed by atoms with Crippen LogP contribution in [0.5, 0.6) is 0 Å². The highest BCUT2D eigenvalue weighted by atomic mass is 16.5. The molecule has 1 aromatic carbocycles. The Bertz CT molecular complexity index is 842. The van der Waals surface area contributed by atoms with E-state index in [1.807, 2.05) is 6.20 Å². The lowest BCUT2D eigenvalue weighted by Gasteiger charge is -2.11. The molecule has 126 valence electrons. The monoisotopic (exact) mass is 324 g/mol. The molecule has 0 unspecified atom stereocenters. The van der Waals surface area contributed by atoms with E-state index in [0.29, 0.717) is 5.92 Å². The van der Waals surface area contributed by atoms with E-state index in [4.69, 9.17) is 9.72 Å². The summed E-state index contributed by atoms with van der Waals surface area (Å²) in [7, 11) is 0. The molecule has 1 fully saturated rings. The van der Waals surface area contributed by atoms with E-state index in [0.717, 1.165) is 55.9 Å². The molecule has 0 saturated carbocycles. The highest BCUT2D eigenvalue weighted by molar-refractivity contribution is 5.79. The number of ether oxygens (including phenoxy) is 1. The maximum absolute atomic E-state index is 5.50. The summed E-state index contributed by atoms with van der Waals surface area (Å²) in [4.78, 5) is 12.8. The molecule has 0 radical (unpaired) electrons. The molecule has 5 nitrogen and oxygen atoms in total. The molecule has 0 bridgehead atoms. The van der Waals surface area contributed by atoms with Crippen LogP contribution in [-0.4, -0.2) is 32.7 Å². The molecular formula is C19H24N4O. The van der Waals surface area contributed by atoms with E-state index in [2.05, 4.69) is 46.7 Å². The van der Waals surface area contributed by atoms with Gasteiger partial charge in [0.15, 0.2) is 0 Å². The van der Waals surface area contributed by atoms with Gasteiger partial charge in [-0.1, -0.05) is 6.07 Å². The summed E-state index contributed by atoms with van der Waals surface area (Å²) in [5.41, 5.74) is 4.81. The number of nitrogens with one attached hydrogen (secondary N) is 1. The zero-order valence-electron chi connectivity index (χ0n) is 14.4. The minimum absolute atomic E-state index is 0.455. The molecule has 24 heavy (non-hydrogen) atoms. The fourth-order valence-electron chi connectivity index (χ4n) is 3.51. The van der Waals surface area contributed by atoms with Gasteiger partial charge >= 0.3 is 0 Å². The van der Waals surface area contributed by atoms with Crippen LogP contribution in [0, 0.1) is 13.8 Å². The highest BCUT2D eigenvalue weighted by Gasteiger charge is 2.21. The summed E-state index contributed by atoms with van der Waals surface area (Å²) >= 11 is 0. The second kappa shape index (κ2) is 6.40. The second-order valence-corrected chi connectivity index (χ2v) is 6.73. The van der Waals surface area contributed by atoms with Crippen LogP contribution in [0.2, 0.25) is 0 Å². The van der Waals surface area contributed by atoms with Gasteiger partial charge in [-0.15, -0.1) is 0 Å². The van der Waals surface area contributed by atoms with Crippen LogP contribution in [0.3, 0.4) is 0 Å². The number of aromatic amines is 1. The maximum atomic E-state index is 5.50. The van der Waals surface area contributed by atoms with Gasteiger partial charge in [-0.2, -0.15) is 0 Å². The third kappa shape index (κ3) is 2.84. The van der Waals surface area contributed by atoms with Gasteiger partial charge < -0.3 is 14.3 Å². The lowest BCUT2D eigenvalue weighted by molar-refractivity contribution is 0.192. The summed E-state index contributed by atoms with van der Waals surface area (Å²) in [6.07, 6.45) is 7.07. The van der Waals surface area contributed by atoms with Gasteiger partial charge in [0.25, 0.3) is 0 Å². The molecule has 5 heteroatoms. The minimum Gasteiger partial charge on any atom is -0.381 e. The predicted molar refractivity (Wildman–Crippen MR) is 94.3 cm³/mol. The van der Waals surface area contributed by atoms with Crippen molar-refractivity contribution in [3.63, 3.8) is 0 Å². The van der Waals surface area contributed by atoms with Crippen molar-refractivity contribution in [2.24, 2.45) is 0 Å². The smallest absolute Gasteiger partial charge is 0.114 e. The molecule has 1 atom stereocenters. The number of H-pyrrole nitrogens is 1. The Morgan fingerprint density at radius 3 is 3.08 bits per heavy atom. The number of benzene rings is 1. The zero-order chi connectivity index (χ0) is 16.5. The Labute approximate surface area is 142 Å². The molecule has 1 aliphatic heterocycles. The van der Waals surface area contributed by atoms with E-state index in [1.165, 1.54) is 17.0 Å². The fourth-order valence-corrected chi connectivity index (χ4v) is 3.51. The number of imidazole rings is 2. The van der Waals surface area contributed by atoms with Crippen molar-refractivity contribution in [2.75, 3.05) is 13.2 Å². The molecule has 0 aliphatic carbocycles. The van der Waals surface area contributed by atoms with Crippen molar-refractivity contribution in [3.8, 4) is 0 Å². The molecule has 1 aliphatic rings. The van der Waals surface area contributed by atoms with Gasteiger partial charge in [0, 0.05) is 37.9 Å². The highest BCUT2D eigenvalue weighted by Crippen LogP contribution is 2.24. The van der Waals surface area contributed by atoms with Crippen molar-refractivity contribution >= 4 is 11.0 Å². The van der Waals surface area contributed by atoms with E-state index in [-0.39, 0.29) is 0 Å². The number of hydrogen-bond acceptors (Lipinski definition) is 3. The average molecular weight is 324 g/mol. The van der Waals surface area contributed by atoms with Gasteiger partial charge in [-0.3, -0.25) is 0 Å². The van der Waals surface area contributed by atoms with Crippen LogP contribution < -0.4 is 0 Å². The largest absolute Gasteiger partial charge is 0.381 e. The summed E-state index contributed by atoms with van der Waals surface area (Å²) in [5, 5.41) is 0. The van der Waals surface area contributed by atoms with Gasteiger partial charge in [0.1, 0.15) is 11.6 Å². The van der Waals surface area contributed by atoms with Crippen LogP contribution in [0.25, 0.3) is 11.0 Å². The minimum atomic E-state index is 0.455. The number of rotatable bonds is 5. The van der Waals surface area contributed by atoms with Crippen molar-refractivity contribution in [1.29, 1.82) is 0 Å². The fraction of sp³-hybridized carbons (Fsp3) is 0.474. The Morgan fingerprint density at radius 2 is 2.25 bits per heavy atom. The molecule has 0 spiro atoms. The molecule has 0 amide bonds. The molecule has 1 N–H and O–H groups in total. The van der Waals surface area contributed by atoms with Gasteiger partial charge in [-0.25, -0.2) is 9.97 Å². The maximum Gasteiger partial charge on any atom is 0.114 e. The van der Waals surface area contributed by atoms with Crippen LogP contribution in [0.1, 0.15) is 41.5 Å². The quantitative estimate of drug-likeness (QED) is 0.781. The van der Waals surface area contributed by atoms with Crippen molar-refractivity contribution in [1.82, 2.24) is 19.5 Å². The van der Waals surface area contributed by atoms with Crippen LogP contribution in [-0.2, 0) is 17.7 Å². The summed E-state index contributed by atoms with van der Waals surface area (Å²) in [5.74, 6) is 2.70. The van der Waals surface area contributed by atoms with Crippen molar-refractivity contribution in [3.05, 3.63) is 47.3 Å². The van der Waals surface area contributed by atoms with Crippen LogP contribution in [0.15, 0.2) is 24.5 Å². The van der Waals surface area contributed by atoms with Crippen LogP contribution >= 0.6 is 0 Å². The lowest BCUT2D eigenvalue weighted by atomic mass is 10.1. The molecule has 1 saturated heterocycles. The first kappa shape index (κ1) is 15.4. The number of nitrogens with zero attached hydrogens (tertiary/aromatic N) is 3. The molecule has 2 aromatic heterocycles. The van der Waals surface area contributed by atoms with E-state index in [9.17, 15) is 0 Å². The Morgan fingerprint density at radius 1 is 1.33 bits per heavy atom.